The summed E-state index contributed by atoms with van der Waals surface area (Å²) in [6.45, 7) is 9.83. The number of piperidine rings is 1. The molecule has 3 aromatic rings. The maximum atomic E-state index is 10.5. The maximum Gasteiger partial charge on any atom is 0.139 e. The molecule has 1 N–H and O–H groups in total. The summed E-state index contributed by atoms with van der Waals surface area (Å²) < 4.78 is 5.03. The van der Waals surface area contributed by atoms with Crippen molar-refractivity contribution in [2.45, 2.75) is 38.5 Å². The monoisotopic (exact) mass is 414 g/mol. The van der Waals surface area contributed by atoms with Crippen LogP contribution in [0.4, 0.5) is 0 Å². The highest BCUT2D eigenvalue weighted by Gasteiger charge is 2.34. The smallest absolute Gasteiger partial charge is 0.139 e. The van der Waals surface area contributed by atoms with E-state index in [-0.39, 0.29) is 5.92 Å². The summed E-state index contributed by atoms with van der Waals surface area (Å²) in [5, 5.41) is 26.2. The van der Waals surface area contributed by atoms with Gasteiger partial charge in [0.1, 0.15) is 11.0 Å². The zero-order valence-electron chi connectivity index (χ0n) is 17.8. The molecule has 2 aromatic heterocycles. The molecule has 1 unspecified atom stereocenters. The molecule has 158 valence electrons. The number of H-pyrrole nitrogens is 1. The fourth-order valence-corrected chi connectivity index (χ4v) is 5.24. The number of fused-ring (bicyclic) bond motifs is 2. The van der Waals surface area contributed by atoms with E-state index < -0.39 is 0 Å². The van der Waals surface area contributed by atoms with Gasteiger partial charge in [0.15, 0.2) is 0 Å². The second kappa shape index (κ2) is 8.12. The molecule has 1 saturated heterocycles. The molecule has 5 rings (SSSR count). The molecule has 0 saturated carbocycles. The van der Waals surface area contributed by atoms with Crippen LogP contribution in [0.25, 0.3) is 11.0 Å². The number of aryl methyl sites for hydroxylation is 1. The van der Waals surface area contributed by atoms with E-state index in [0.29, 0.717) is 17.0 Å². The number of benzene rings is 1. The van der Waals surface area contributed by atoms with Crippen molar-refractivity contribution in [1.29, 1.82) is 5.26 Å². The van der Waals surface area contributed by atoms with Crippen LogP contribution >= 0.6 is 0 Å². The lowest BCUT2D eigenvalue weighted by Crippen LogP contribution is -2.34. The number of allylic oxidation sites excluding steroid dienone is 3. The number of rotatable bonds is 3. The third-order valence-electron chi connectivity index (χ3n) is 6.88. The Morgan fingerprint density at radius 2 is 2.06 bits per heavy atom. The summed E-state index contributed by atoms with van der Waals surface area (Å²) in [6.07, 6.45) is 5.64. The van der Waals surface area contributed by atoms with Crippen LogP contribution in [-0.2, 0) is 6.42 Å². The van der Waals surface area contributed by atoms with Gasteiger partial charge in [-0.25, -0.2) is 4.63 Å². The van der Waals surface area contributed by atoms with Crippen LogP contribution in [0.15, 0.2) is 52.3 Å². The van der Waals surface area contributed by atoms with Crippen molar-refractivity contribution >= 4 is 11.0 Å². The van der Waals surface area contributed by atoms with Crippen molar-refractivity contribution in [1.82, 2.24) is 25.4 Å². The van der Waals surface area contributed by atoms with Gasteiger partial charge in [-0.3, -0.25) is 5.10 Å². The van der Waals surface area contributed by atoms with Crippen molar-refractivity contribution in [2.75, 3.05) is 19.6 Å². The van der Waals surface area contributed by atoms with Gasteiger partial charge in [0.05, 0.1) is 17.7 Å². The van der Waals surface area contributed by atoms with Crippen LogP contribution in [0, 0.1) is 17.2 Å². The molecular formula is C24H26N6O. The predicted molar refractivity (Wildman–Crippen MR) is 117 cm³/mol. The summed E-state index contributed by atoms with van der Waals surface area (Å²) in [5.41, 5.74) is 7.29. The molecule has 0 amide bonds. The first kappa shape index (κ1) is 19.7. The zero-order chi connectivity index (χ0) is 21.4. The van der Waals surface area contributed by atoms with Crippen molar-refractivity contribution in [3.8, 4) is 6.07 Å². The van der Waals surface area contributed by atoms with E-state index >= 15 is 0 Å². The number of hydrogen-bond acceptors (Lipinski definition) is 6. The first-order valence-corrected chi connectivity index (χ1v) is 11.0. The van der Waals surface area contributed by atoms with E-state index in [2.05, 4.69) is 45.0 Å². The molecule has 1 fully saturated rings. The Bertz CT molecular complexity index is 1190. The minimum absolute atomic E-state index is 0.273. The molecule has 31 heavy (non-hydrogen) atoms. The lowest BCUT2D eigenvalue weighted by atomic mass is 9.73. The third kappa shape index (κ3) is 3.37. The Morgan fingerprint density at radius 1 is 1.23 bits per heavy atom. The van der Waals surface area contributed by atoms with Crippen LogP contribution in [0.2, 0.25) is 0 Å². The highest BCUT2D eigenvalue weighted by atomic mass is 16.6. The average Bonchev–Trinajstić information content (AvgIpc) is 3.46. The number of aromatic nitrogens is 4. The molecule has 1 aromatic carbocycles. The fourth-order valence-electron chi connectivity index (χ4n) is 5.24. The Labute approximate surface area is 181 Å². The number of nitrogens with zero attached hydrogens (tertiary/aromatic N) is 5. The Hall–Kier alpha value is -3.24. The Morgan fingerprint density at radius 3 is 2.84 bits per heavy atom. The molecule has 1 atom stereocenters. The zero-order valence-corrected chi connectivity index (χ0v) is 17.8. The van der Waals surface area contributed by atoms with E-state index in [1.165, 1.54) is 0 Å². The van der Waals surface area contributed by atoms with Crippen molar-refractivity contribution in [2.24, 2.45) is 5.92 Å². The van der Waals surface area contributed by atoms with Gasteiger partial charge in [0, 0.05) is 17.3 Å². The summed E-state index contributed by atoms with van der Waals surface area (Å²) in [4.78, 5) is 2.47. The van der Waals surface area contributed by atoms with Gasteiger partial charge in [-0.2, -0.15) is 10.4 Å². The van der Waals surface area contributed by atoms with Crippen LogP contribution in [0.5, 0.6) is 0 Å². The van der Waals surface area contributed by atoms with Crippen LogP contribution in [-0.4, -0.2) is 45.0 Å². The quantitative estimate of drug-likeness (QED) is 0.692. The van der Waals surface area contributed by atoms with Gasteiger partial charge in [0.2, 0.25) is 0 Å². The fraction of sp³-hybridized carbons (Fsp3) is 0.417. The second-order valence-corrected chi connectivity index (χ2v) is 8.45. The van der Waals surface area contributed by atoms with E-state index in [4.69, 9.17) is 4.63 Å². The Balaban J connectivity index is 1.71. The molecule has 7 nitrogen and oxygen atoms in total. The molecule has 3 heterocycles. The molecule has 0 spiro atoms. The van der Waals surface area contributed by atoms with E-state index in [1.54, 1.807) is 0 Å². The Kier molecular flexibility index (Phi) is 5.16. The number of hydrogen-bond donors (Lipinski definition) is 1. The van der Waals surface area contributed by atoms with Gasteiger partial charge in [-0.05, 0) is 78.8 Å². The van der Waals surface area contributed by atoms with Crippen LogP contribution in [0.1, 0.15) is 48.9 Å². The largest absolute Gasteiger partial charge is 0.304 e. The van der Waals surface area contributed by atoms with E-state index in [9.17, 15) is 5.26 Å². The summed E-state index contributed by atoms with van der Waals surface area (Å²) in [7, 11) is 0. The highest BCUT2D eigenvalue weighted by Crippen LogP contribution is 2.44. The number of nitriles is 1. The lowest BCUT2D eigenvalue weighted by Gasteiger charge is -2.35. The number of aromatic amines is 1. The normalized spacial score (nSPS) is 23.4. The van der Waals surface area contributed by atoms with Gasteiger partial charge in [0.25, 0.3) is 0 Å². The summed E-state index contributed by atoms with van der Waals surface area (Å²) in [5.74, 6) is 0.0705. The minimum Gasteiger partial charge on any atom is -0.304 e. The molecule has 1 aliphatic heterocycles. The van der Waals surface area contributed by atoms with Gasteiger partial charge >= 0.3 is 0 Å². The number of nitrogens with one attached hydrogen (secondary N) is 1. The van der Waals surface area contributed by atoms with Crippen molar-refractivity contribution in [3.05, 3.63) is 64.5 Å². The second-order valence-electron chi connectivity index (χ2n) is 8.45. The third-order valence-corrected chi connectivity index (χ3v) is 6.88. The lowest BCUT2D eigenvalue weighted by molar-refractivity contribution is 0.208. The molecule has 1 aliphatic carbocycles. The SMILES string of the molecule is C=C1CCc2n[nH]cc2C(c2cccc3nonc23)/C(C#N)=C\1C1CCN(CC)CC1. The van der Waals surface area contributed by atoms with Gasteiger partial charge in [-0.15, -0.1) is 0 Å². The first-order chi connectivity index (χ1) is 15.2. The first-order valence-electron chi connectivity index (χ1n) is 11.0. The summed E-state index contributed by atoms with van der Waals surface area (Å²) in [6, 6.07) is 8.44. The van der Waals surface area contributed by atoms with Gasteiger partial charge in [-0.1, -0.05) is 31.2 Å². The maximum absolute atomic E-state index is 10.5. The van der Waals surface area contributed by atoms with Crippen LogP contribution < -0.4 is 0 Å². The summed E-state index contributed by atoms with van der Waals surface area (Å²) >= 11 is 0. The van der Waals surface area contributed by atoms with Crippen molar-refractivity contribution < 1.29 is 4.63 Å². The van der Waals surface area contributed by atoms with Gasteiger partial charge < -0.3 is 4.90 Å². The molecule has 2 aliphatic rings. The topological polar surface area (TPSA) is 94.6 Å². The predicted octanol–water partition coefficient (Wildman–Crippen LogP) is 4.13. The average molecular weight is 415 g/mol. The molecule has 7 heteroatoms. The molecule has 0 radical (unpaired) electrons. The molecule has 0 bridgehead atoms. The molecular weight excluding hydrogens is 388 g/mol. The van der Waals surface area contributed by atoms with E-state index in [1.807, 2.05) is 24.4 Å². The van der Waals surface area contributed by atoms with Crippen LogP contribution in [0.3, 0.4) is 0 Å². The minimum atomic E-state index is -0.273. The van der Waals surface area contributed by atoms with Crippen molar-refractivity contribution in [3.63, 3.8) is 0 Å². The number of likely N-dealkylation sites (tertiary alicyclic amines) is 1. The standard InChI is InChI=1S/C24H26N6O/c1-3-30-11-9-16(10-12-30)22-15(2)7-8-20-19(14-26-27-20)23(18(22)13-25)17-5-4-6-21-24(17)29-31-28-21/h4-6,14,16,23H,2-3,7-12H2,1H3,(H,26,27)/b22-18+. The highest BCUT2D eigenvalue weighted by molar-refractivity contribution is 5.79. The van der Waals surface area contributed by atoms with E-state index in [0.717, 1.165) is 78.9 Å².